The molecule has 1 rings (SSSR count). The maximum Gasteiger partial charge on any atom is 0.123 e. The molecule has 0 aliphatic heterocycles. The molecule has 0 bridgehead atoms. The molecule has 4 heteroatoms. The lowest BCUT2D eigenvalue weighted by atomic mass is 10.3. The smallest absolute Gasteiger partial charge is 0.123 e. The lowest BCUT2D eigenvalue weighted by Crippen LogP contribution is -2.27. The number of hydrogen-bond donors (Lipinski definition) is 0. The Balaban J connectivity index is 0.00000256. The van der Waals surface area contributed by atoms with Gasteiger partial charge in [0.05, 0.1) is 7.11 Å². The molecule has 0 N–H and O–H groups in total. The number of rotatable bonds is 7. The van der Waals surface area contributed by atoms with Crippen molar-refractivity contribution < 1.29 is 9.47 Å². The summed E-state index contributed by atoms with van der Waals surface area (Å²) in [5.41, 5.74) is 0. The van der Waals surface area contributed by atoms with E-state index in [4.69, 9.17) is 9.47 Å². The van der Waals surface area contributed by atoms with Crippen LogP contribution in [0.5, 0.6) is 11.5 Å². The van der Waals surface area contributed by atoms with E-state index in [2.05, 4.69) is 18.7 Å². The monoisotopic (exact) mass is 259 g/mol. The van der Waals surface area contributed by atoms with Crippen molar-refractivity contribution in [3.8, 4) is 11.5 Å². The highest BCUT2D eigenvalue weighted by Gasteiger charge is 2.00. The second-order valence-corrected chi connectivity index (χ2v) is 3.55. The van der Waals surface area contributed by atoms with Crippen LogP contribution in [0.1, 0.15) is 13.8 Å². The number of halogens is 1. The van der Waals surface area contributed by atoms with Crippen LogP contribution in [-0.4, -0.2) is 38.3 Å². The highest BCUT2D eigenvalue weighted by atomic mass is 35.5. The average molecular weight is 260 g/mol. The van der Waals surface area contributed by atoms with Crippen LogP contribution in [0.3, 0.4) is 0 Å². The second kappa shape index (κ2) is 9.14. The number of methoxy groups -OCH3 is 1. The van der Waals surface area contributed by atoms with Gasteiger partial charge in [0, 0.05) is 12.6 Å². The number of hydrogen-bond acceptors (Lipinski definition) is 3. The van der Waals surface area contributed by atoms with E-state index < -0.39 is 0 Å². The fourth-order valence-corrected chi connectivity index (χ4v) is 1.52. The summed E-state index contributed by atoms with van der Waals surface area (Å²) in [5, 5.41) is 0. The van der Waals surface area contributed by atoms with Crippen LogP contribution < -0.4 is 9.47 Å². The van der Waals surface area contributed by atoms with Crippen LogP contribution in [0.15, 0.2) is 24.3 Å². The number of nitrogens with zero attached hydrogens (tertiary/aromatic N) is 1. The molecule has 0 unspecified atom stereocenters. The highest BCUT2D eigenvalue weighted by molar-refractivity contribution is 5.85. The van der Waals surface area contributed by atoms with E-state index in [1.165, 1.54) is 0 Å². The molecule has 0 heterocycles. The Kier molecular flexibility index (Phi) is 8.64. The first-order chi connectivity index (χ1) is 7.80. The van der Waals surface area contributed by atoms with Crippen molar-refractivity contribution in [3.05, 3.63) is 24.3 Å². The molecule has 0 amide bonds. The first-order valence-electron chi connectivity index (χ1n) is 5.79. The molecule has 0 radical (unpaired) electrons. The summed E-state index contributed by atoms with van der Waals surface area (Å²) < 4.78 is 10.8. The summed E-state index contributed by atoms with van der Waals surface area (Å²) in [4.78, 5) is 2.33. The van der Waals surface area contributed by atoms with Gasteiger partial charge in [-0.2, -0.15) is 0 Å². The first-order valence-corrected chi connectivity index (χ1v) is 5.79. The Morgan fingerprint density at radius 2 is 1.76 bits per heavy atom. The van der Waals surface area contributed by atoms with E-state index in [0.29, 0.717) is 0 Å². The lowest BCUT2D eigenvalue weighted by molar-refractivity contribution is 0.222. The van der Waals surface area contributed by atoms with Gasteiger partial charge in [0.2, 0.25) is 0 Å². The first kappa shape index (κ1) is 16.1. The standard InChI is InChI=1S/C13H21NO2.ClH/c1-4-14(5-2)9-10-16-13-8-6-7-12(11-13)15-3;/h6-8,11H,4-5,9-10H2,1-3H3;1H. The zero-order valence-corrected chi connectivity index (χ0v) is 11.6. The molecule has 1 aromatic carbocycles. The van der Waals surface area contributed by atoms with Crippen molar-refractivity contribution in [1.29, 1.82) is 0 Å². The molecule has 0 aliphatic rings. The van der Waals surface area contributed by atoms with Crippen molar-refractivity contribution in [2.75, 3.05) is 33.4 Å². The van der Waals surface area contributed by atoms with Crippen LogP contribution >= 0.6 is 12.4 Å². The predicted molar refractivity (Wildman–Crippen MR) is 73.5 cm³/mol. The highest BCUT2D eigenvalue weighted by Crippen LogP contribution is 2.18. The van der Waals surface area contributed by atoms with Crippen LogP contribution in [0.25, 0.3) is 0 Å². The molecule has 0 fully saturated rings. The molecule has 0 aromatic heterocycles. The van der Waals surface area contributed by atoms with Crippen molar-refractivity contribution in [1.82, 2.24) is 4.90 Å². The van der Waals surface area contributed by atoms with Gasteiger partial charge in [-0.25, -0.2) is 0 Å². The van der Waals surface area contributed by atoms with Crippen molar-refractivity contribution in [2.45, 2.75) is 13.8 Å². The summed E-state index contributed by atoms with van der Waals surface area (Å²) >= 11 is 0. The van der Waals surface area contributed by atoms with E-state index in [1.54, 1.807) is 7.11 Å². The fourth-order valence-electron chi connectivity index (χ4n) is 1.52. The zero-order chi connectivity index (χ0) is 11.8. The molecule has 98 valence electrons. The van der Waals surface area contributed by atoms with Gasteiger partial charge in [-0.1, -0.05) is 19.9 Å². The van der Waals surface area contributed by atoms with E-state index in [1.807, 2.05) is 24.3 Å². The lowest BCUT2D eigenvalue weighted by Gasteiger charge is -2.18. The van der Waals surface area contributed by atoms with E-state index in [9.17, 15) is 0 Å². The molecular formula is C13H22ClNO2. The van der Waals surface area contributed by atoms with Crippen molar-refractivity contribution in [2.24, 2.45) is 0 Å². The van der Waals surface area contributed by atoms with Gasteiger partial charge in [-0.3, -0.25) is 0 Å². The minimum Gasteiger partial charge on any atom is -0.497 e. The van der Waals surface area contributed by atoms with E-state index in [0.717, 1.165) is 37.7 Å². The number of ether oxygens (including phenoxy) is 2. The third-order valence-corrected chi connectivity index (χ3v) is 2.61. The van der Waals surface area contributed by atoms with Crippen LogP contribution in [-0.2, 0) is 0 Å². The molecule has 0 spiro atoms. The molecule has 0 aliphatic carbocycles. The predicted octanol–water partition coefficient (Wildman–Crippen LogP) is 2.84. The topological polar surface area (TPSA) is 21.7 Å². The molecule has 1 aromatic rings. The summed E-state index contributed by atoms with van der Waals surface area (Å²) in [5.74, 6) is 1.70. The van der Waals surface area contributed by atoms with Gasteiger partial charge in [-0.05, 0) is 25.2 Å². The van der Waals surface area contributed by atoms with Crippen LogP contribution in [0.2, 0.25) is 0 Å². The van der Waals surface area contributed by atoms with Gasteiger partial charge in [0.15, 0.2) is 0 Å². The van der Waals surface area contributed by atoms with Gasteiger partial charge in [-0.15, -0.1) is 12.4 Å². The van der Waals surface area contributed by atoms with Crippen LogP contribution in [0, 0.1) is 0 Å². The minimum atomic E-state index is 0. The Morgan fingerprint density at radius 1 is 1.12 bits per heavy atom. The Morgan fingerprint density at radius 3 is 2.35 bits per heavy atom. The van der Waals surface area contributed by atoms with Gasteiger partial charge in [0.25, 0.3) is 0 Å². The van der Waals surface area contributed by atoms with Crippen molar-refractivity contribution >= 4 is 12.4 Å². The van der Waals surface area contributed by atoms with Crippen molar-refractivity contribution in [3.63, 3.8) is 0 Å². The Bertz CT molecular complexity index is 303. The van der Waals surface area contributed by atoms with E-state index in [-0.39, 0.29) is 12.4 Å². The normalized spacial score (nSPS) is 9.88. The Labute approximate surface area is 110 Å². The molecular weight excluding hydrogens is 238 g/mol. The van der Waals surface area contributed by atoms with Gasteiger partial charge >= 0.3 is 0 Å². The zero-order valence-electron chi connectivity index (χ0n) is 10.8. The largest absolute Gasteiger partial charge is 0.497 e. The summed E-state index contributed by atoms with van der Waals surface area (Å²) in [7, 11) is 1.66. The summed E-state index contributed by atoms with van der Waals surface area (Å²) in [6.45, 7) is 8.14. The van der Waals surface area contributed by atoms with Gasteiger partial charge in [0.1, 0.15) is 18.1 Å². The number of likely N-dealkylation sites (N-methyl/N-ethyl adjacent to an activating group) is 1. The SMILES string of the molecule is CCN(CC)CCOc1cccc(OC)c1.Cl. The molecule has 17 heavy (non-hydrogen) atoms. The average Bonchev–Trinajstić information content (AvgIpc) is 2.35. The molecule has 0 saturated heterocycles. The third kappa shape index (κ3) is 5.80. The second-order valence-electron chi connectivity index (χ2n) is 3.55. The van der Waals surface area contributed by atoms with E-state index >= 15 is 0 Å². The third-order valence-electron chi connectivity index (χ3n) is 2.61. The fraction of sp³-hybridized carbons (Fsp3) is 0.538. The van der Waals surface area contributed by atoms with Crippen LogP contribution in [0.4, 0.5) is 0 Å². The molecule has 0 saturated carbocycles. The maximum absolute atomic E-state index is 5.66. The molecule has 0 atom stereocenters. The summed E-state index contributed by atoms with van der Waals surface area (Å²) in [6.07, 6.45) is 0. The summed E-state index contributed by atoms with van der Waals surface area (Å²) in [6, 6.07) is 7.70. The van der Waals surface area contributed by atoms with Gasteiger partial charge < -0.3 is 14.4 Å². The molecule has 3 nitrogen and oxygen atoms in total. The Hall–Kier alpha value is -0.930. The number of benzene rings is 1. The quantitative estimate of drug-likeness (QED) is 0.752. The maximum atomic E-state index is 5.66. The minimum absolute atomic E-state index is 0.